The highest BCUT2D eigenvalue weighted by Gasteiger charge is 2.28. The van der Waals surface area contributed by atoms with Crippen molar-refractivity contribution in [3.8, 4) is 0 Å². The van der Waals surface area contributed by atoms with Gasteiger partial charge in [-0.3, -0.25) is 4.79 Å². The van der Waals surface area contributed by atoms with Gasteiger partial charge in [-0.25, -0.2) is 18.4 Å². The van der Waals surface area contributed by atoms with E-state index in [0.717, 1.165) is 12.0 Å². The van der Waals surface area contributed by atoms with Gasteiger partial charge < -0.3 is 10.2 Å². The van der Waals surface area contributed by atoms with E-state index in [1.807, 2.05) is 18.2 Å². The fourth-order valence-electron chi connectivity index (χ4n) is 3.50. The number of aromatic nitrogens is 2. The number of nitrogens with one attached hydrogen (secondary N) is 1. The number of amides is 1. The fourth-order valence-corrected chi connectivity index (χ4v) is 5.18. The first-order valence-corrected chi connectivity index (χ1v) is 10.5. The van der Waals surface area contributed by atoms with Gasteiger partial charge in [-0.05, 0) is 24.0 Å². The van der Waals surface area contributed by atoms with Crippen LogP contribution in [0.4, 0.5) is 5.82 Å². The van der Waals surface area contributed by atoms with Gasteiger partial charge in [0.15, 0.2) is 9.84 Å². The minimum atomic E-state index is -2.97. The van der Waals surface area contributed by atoms with E-state index in [4.69, 9.17) is 0 Å². The molecule has 1 aromatic heterocycles. The Morgan fingerprint density at radius 2 is 2.00 bits per heavy atom. The van der Waals surface area contributed by atoms with Gasteiger partial charge in [0.1, 0.15) is 17.8 Å². The molecule has 8 heteroatoms. The number of rotatable bonds is 3. The number of hydrogen-bond donors (Lipinski definition) is 1. The number of carbonyl (C=O) groups is 1. The van der Waals surface area contributed by atoms with Gasteiger partial charge in [-0.1, -0.05) is 24.3 Å². The summed E-state index contributed by atoms with van der Waals surface area (Å²) < 4.78 is 23.2. The molecule has 4 rings (SSSR count). The summed E-state index contributed by atoms with van der Waals surface area (Å²) in [5.74, 6) is 0.643. The smallest absolute Gasteiger partial charge is 0.272 e. The maximum atomic E-state index is 12.8. The molecule has 0 spiro atoms. The molecule has 7 nitrogen and oxygen atoms in total. The van der Waals surface area contributed by atoms with Crippen LogP contribution >= 0.6 is 0 Å². The summed E-state index contributed by atoms with van der Waals surface area (Å²) in [4.78, 5) is 22.8. The minimum Gasteiger partial charge on any atom is -0.366 e. The van der Waals surface area contributed by atoms with Gasteiger partial charge in [0.05, 0.1) is 11.5 Å². The minimum absolute atomic E-state index is 0.100. The van der Waals surface area contributed by atoms with Crippen molar-refractivity contribution in [3.05, 3.63) is 53.5 Å². The van der Waals surface area contributed by atoms with Crippen molar-refractivity contribution in [1.29, 1.82) is 0 Å². The summed E-state index contributed by atoms with van der Waals surface area (Å²) in [7, 11) is -2.97. The third-order valence-electron chi connectivity index (χ3n) is 4.89. The highest BCUT2D eigenvalue weighted by Crippen LogP contribution is 2.21. The van der Waals surface area contributed by atoms with Crippen LogP contribution in [0.15, 0.2) is 36.7 Å². The predicted molar refractivity (Wildman–Crippen MR) is 97.6 cm³/mol. The first-order chi connectivity index (χ1) is 12.5. The molecule has 1 aromatic carbocycles. The number of carbonyl (C=O) groups excluding carboxylic acids is 1. The quantitative estimate of drug-likeness (QED) is 0.872. The second kappa shape index (κ2) is 6.68. The molecule has 0 radical (unpaired) electrons. The Hall–Kier alpha value is -2.48. The Morgan fingerprint density at radius 3 is 2.77 bits per heavy atom. The summed E-state index contributed by atoms with van der Waals surface area (Å²) in [6, 6.07) is 9.58. The van der Waals surface area contributed by atoms with Gasteiger partial charge in [-0.15, -0.1) is 0 Å². The number of sulfone groups is 1. The molecule has 2 aromatic rings. The van der Waals surface area contributed by atoms with E-state index in [9.17, 15) is 13.2 Å². The van der Waals surface area contributed by atoms with E-state index in [0.29, 0.717) is 31.0 Å². The molecular weight excluding hydrogens is 352 g/mol. The fraction of sp³-hybridized carbons (Fsp3) is 0.389. The lowest BCUT2D eigenvalue weighted by Crippen LogP contribution is -2.36. The maximum absolute atomic E-state index is 12.8. The number of hydrogen-bond acceptors (Lipinski definition) is 6. The van der Waals surface area contributed by atoms with Crippen molar-refractivity contribution in [2.45, 2.75) is 25.4 Å². The lowest BCUT2D eigenvalue weighted by molar-refractivity contribution is 0.0728. The molecular formula is C18H20N4O3S. The molecule has 0 saturated carbocycles. The molecule has 1 saturated heterocycles. The Balaban J connectivity index is 1.47. The van der Waals surface area contributed by atoms with E-state index in [1.165, 1.54) is 11.9 Å². The summed E-state index contributed by atoms with van der Waals surface area (Å²) in [5, 5.41) is 3.11. The van der Waals surface area contributed by atoms with Crippen molar-refractivity contribution in [3.63, 3.8) is 0 Å². The monoisotopic (exact) mass is 372 g/mol. The SMILES string of the molecule is O=C(c1cc(NC2CCS(=O)(=O)C2)ncn1)N1CCc2ccccc2C1. The molecule has 1 unspecified atom stereocenters. The van der Waals surface area contributed by atoms with Crippen LogP contribution in [0.25, 0.3) is 0 Å². The van der Waals surface area contributed by atoms with Crippen LogP contribution < -0.4 is 5.32 Å². The normalized spacial score (nSPS) is 21.2. The lowest BCUT2D eigenvalue weighted by Gasteiger charge is -2.28. The average molecular weight is 372 g/mol. The molecule has 1 N–H and O–H groups in total. The first-order valence-electron chi connectivity index (χ1n) is 8.65. The largest absolute Gasteiger partial charge is 0.366 e. The third-order valence-corrected chi connectivity index (χ3v) is 6.66. The Kier molecular flexibility index (Phi) is 4.36. The van der Waals surface area contributed by atoms with Crippen LogP contribution in [0.3, 0.4) is 0 Å². The number of anilines is 1. The molecule has 1 amide bonds. The van der Waals surface area contributed by atoms with Gasteiger partial charge in [-0.2, -0.15) is 0 Å². The predicted octanol–water partition coefficient (Wildman–Crippen LogP) is 1.27. The Bertz CT molecular complexity index is 945. The summed E-state index contributed by atoms with van der Waals surface area (Å²) in [6.45, 7) is 1.23. The van der Waals surface area contributed by atoms with Gasteiger partial charge >= 0.3 is 0 Å². The highest BCUT2D eigenvalue weighted by atomic mass is 32.2. The van der Waals surface area contributed by atoms with Crippen LogP contribution in [-0.2, 0) is 22.8 Å². The molecule has 1 atom stereocenters. The van der Waals surface area contributed by atoms with Gasteiger partial charge in [0, 0.05) is 25.2 Å². The molecule has 2 aliphatic heterocycles. The van der Waals surface area contributed by atoms with Crippen LogP contribution in [0, 0.1) is 0 Å². The summed E-state index contributed by atoms with van der Waals surface area (Å²) in [5.41, 5.74) is 2.77. The maximum Gasteiger partial charge on any atom is 0.272 e. The molecule has 0 aliphatic carbocycles. The standard InChI is InChI=1S/C18H20N4O3S/c23-18(22-7-5-13-3-1-2-4-14(13)10-22)16-9-17(20-12-19-16)21-15-6-8-26(24,25)11-15/h1-4,9,12,15H,5-8,10-11H2,(H,19,20,21). The molecule has 26 heavy (non-hydrogen) atoms. The Labute approximate surface area is 152 Å². The van der Waals surface area contributed by atoms with Gasteiger partial charge in [0.25, 0.3) is 5.91 Å². The molecule has 136 valence electrons. The van der Waals surface area contributed by atoms with Crippen molar-refractivity contribution < 1.29 is 13.2 Å². The van der Waals surface area contributed by atoms with Crippen molar-refractivity contribution >= 4 is 21.6 Å². The highest BCUT2D eigenvalue weighted by molar-refractivity contribution is 7.91. The number of fused-ring (bicyclic) bond motifs is 1. The number of nitrogens with zero attached hydrogens (tertiary/aromatic N) is 3. The second-order valence-corrected chi connectivity index (χ2v) is 9.01. The van der Waals surface area contributed by atoms with Crippen molar-refractivity contribution in [2.24, 2.45) is 0 Å². The number of benzene rings is 1. The van der Waals surface area contributed by atoms with E-state index in [1.54, 1.807) is 11.0 Å². The van der Waals surface area contributed by atoms with Crippen molar-refractivity contribution in [1.82, 2.24) is 14.9 Å². The van der Waals surface area contributed by atoms with Crippen LogP contribution in [-0.4, -0.2) is 53.3 Å². The molecule has 2 aliphatic rings. The third kappa shape index (κ3) is 3.55. The zero-order valence-corrected chi connectivity index (χ0v) is 15.1. The molecule has 1 fully saturated rings. The zero-order valence-electron chi connectivity index (χ0n) is 14.3. The van der Waals surface area contributed by atoms with E-state index in [-0.39, 0.29) is 23.5 Å². The zero-order chi connectivity index (χ0) is 18.1. The molecule has 0 bridgehead atoms. The van der Waals surface area contributed by atoms with E-state index in [2.05, 4.69) is 21.4 Å². The lowest BCUT2D eigenvalue weighted by atomic mass is 10.00. The first kappa shape index (κ1) is 17.0. The topological polar surface area (TPSA) is 92.3 Å². The summed E-state index contributed by atoms with van der Waals surface area (Å²) >= 11 is 0. The summed E-state index contributed by atoms with van der Waals surface area (Å²) in [6.07, 6.45) is 2.73. The van der Waals surface area contributed by atoms with Crippen LogP contribution in [0.2, 0.25) is 0 Å². The van der Waals surface area contributed by atoms with Crippen LogP contribution in [0.5, 0.6) is 0 Å². The average Bonchev–Trinajstić information content (AvgIpc) is 2.99. The van der Waals surface area contributed by atoms with E-state index < -0.39 is 9.84 Å². The van der Waals surface area contributed by atoms with Crippen LogP contribution in [0.1, 0.15) is 28.0 Å². The molecule has 3 heterocycles. The van der Waals surface area contributed by atoms with Crippen molar-refractivity contribution in [2.75, 3.05) is 23.4 Å². The van der Waals surface area contributed by atoms with Gasteiger partial charge in [0.2, 0.25) is 0 Å². The Morgan fingerprint density at radius 1 is 1.19 bits per heavy atom. The van der Waals surface area contributed by atoms with E-state index >= 15 is 0 Å². The second-order valence-electron chi connectivity index (χ2n) is 6.78.